The summed E-state index contributed by atoms with van der Waals surface area (Å²) in [7, 11) is 1.62. The Bertz CT molecular complexity index is 925. The standard InChI is InChI=1S/C19H19N5O2/c1-12-22-10-16(18(20)24-12)11-23-19(25)15-7-14(8-21-9-15)13-3-5-17(26-2)6-4-13/h3-10H,11H2,1-2H3,(H,23,25)(H2,20,22,24). The SMILES string of the molecule is COc1ccc(-c2cncc(C(=O)NCc3cnc(C)nc3N)c2)cc1. The molecule has 3 N–H and O–H groups in total. The van der Waals surface area contributed by atoms with Crippen molar-refractivity contribution in [3.8, 4) is 16.9 Å². The summed E-state index contributed by atoms with van der Waals surface area (Å²) >= 11 is 0. The number of carbonyl (C=O) groups excluding carboxylic acids is 1. The number of aromatic nitrogens is 3. The molecule has 3 aromatic rings. The van der Waals surface area contributed by atoms with Gasteiger partial charge < -0.3 is 15.8 Å². The maximum absolute atomic E-state index is 12.4. The molecule has 0 aliphatic heterocycles. The highest BCUT2D eigenvalue weighted by molar-refractivity contribution is 5.95. The number of nitrogens with zero attached hydrogens (tertiary/aromatic N) is 3. The number of methoxy groups -OCH3 is 1. The van der Waals surface area contributed by atoms with Gasteiger partial charge in [-0.3, -0.25) is 9.78 Å². The van der Waals surface area contributed by atoms with Gasteiger partial charge in [-0.15, -0.1) is 0 Å². The molecule has 2 heterocycles. The van der Waals surface area contributed by atoms with Gasteiger partial charge in [0.2, 0.25) is 0 Å². The van der Waals surface area contributed by atoms with Crippen LogP contribution in [0.15, 0.2) is 48.9 Å². The molecule has 3 rings (SSSR count). The fraction of sp³-hybridized carbons (Fsp3) is 0.158. The Kier molecular flexibility index (Phi) is 5.07. The summed E-state index contributed by atoms with van der Waals surface area (Å²) in [5, 5.41) is 2.81. The molecule has 1 amide bonds. The Morgan fingerprint density at radius 1 is 1.15 bits per heavy atom. The average molecular weight is 349 g/mol. The predicted molar refractivity (Wildman–Crippen MR) is 98.6 cm³/mol. The van der Waals surface area contributed by atoms with Crippen molar-refractivity contribution in [3.63, 3.8) is 0 Å². The van der Waals surface area contributed by atoms with E-state index in [4.69, 9.17) is 10.5 Å². The van der Waals surface area contributed by atoms with Crippen LogP contribution in [0.25, 0.3) is 11.1 Å². The fourth-order valence-corrected chi connectivity index (χ4v) is 2.43. The Hall–Kier alpha value is -3.48. The molecular formula is C19H19N5O2. The molecule has 0 aliphatic carbocycles. The number of carbonyl (C=O) groups is 1. The van der Waals surface area contributed by atoms with Gasteiger partial charge >= 0.3 is 0 Å². The molecule has 0 saturated carbocycles. The summed E-state index contributed by atoms with van der Waals surface area (Å²) < 4.78 is 5.16. The summed E-state index contributed by atoms with van der Waals surface area (Å²) in [5.41, 5.74) is 8.77. The highest BCUT2D eigenvalue weighted by Gasteiger charge is 2.10. The lowest BCUT2D eigenvalue weighted by atomic mass is 10.1. The Balaban J connectivity index is 1.73. The molecule has 0 aliphatic rings. The van der Waals surface area contributed by atoms with Gasteiger partial charge in [0.25, 0.3) is 5.91 Å². The van der Waals surface area contributed by atoms with E-state index in [1.165, 1.54) is 6.20 Å². The van der Waals surface area contributed by atoms with Crippen LogP contribution in [0.5, 0.6) is 5.75 Å². The molecule has 0 bridgehead atoms. The van der Waals surface area contributed by atoms with Gasteiger partial charge in [-0.2, -0.15) is 0 Å². The fourth-order valence-electron chi connectivity index (χ4n) is 2.43. The van der Waals surface area contributed by atoms with Crippen molar-refractivity contribution in [3.05, 3.63) is 65.9 Å². The van der Waals surface area contributed by atoms with Gasteiger partial charge in [-0.1, -0.05) is 12.1 Å². The van der Waals surface area contributed by atoms with Crippen LogP contribution < -0.4 is 15.8 Å². The van der Waals surface area contributed by atoms with Crippen molar-refractivity contribution in [1.29, 1.82) is 0 Å². The summed E-state index contributed by atoms with van der Waals surface area (Å²) in [5.74, 6) is 1.48. The Morgan fingerprint density at radius 3 is 2.62 bits per heavy atom. The van der Waals surface area contributed by atoms with Crippen molar-refractivity contribution in [2.45, 2.75) is 13.5 Å². The second-order valence-corrected chi connectivity index (χ2v) is 5.70. The lowest BCUT2D eigenvalue weighted by Crippen LogP contribution is -2.24. The van der Waals surface area contributed by atoms with E-state index in [1.807, 2.05) is 24.3 Å². The third-order valence-electron chi connectivity index (χ3n) is 3.88. The van der Waals surface area contributed by atoms with E-state index in [1.54, 1.807) is 32.5 Å². The smallest absolute Gasteiger partial charge is 0.253 e. The monoisotopic (exact) mass is 349 g/mol. The highest BCUT2D eigenvalue weighted by atomic mass is 16.5. The molecule has 2 aromatic heterocycles. The first-order valence-electron chi connectivity index (χ1n) is 8.02. The van der Waals surface area contributed by atoms with E-state index in [0.29, 0.717) is 22.8 Å². The molecule has 0 unspecified atom stereocenters. The van der Waals surface area contributed by atoms with E-state index in [9.17, 15) is 4.79 Å². The number of hydrogen-bond acceptors (Lipinski definition) is 6. The second kappa shape index (κ2) is 7.60. The number of aryl methyl sites for hydroxylation is 1. The van der Waals surface area contributed by atoms with Crippen molar-refractivity contribution < 1.29 is 9.53 Å². The van der Waals surface area contributed by atoms with Gasteiger partial charge in [-0.25, -0.2) is 9.97 Å². The predicted octanol–water partition coefficient (Wildman–Crippen LogP) is 2.37. The normalized spacial score (nSPS) is 10.4. The van der Waals surface area contributed by atoms with E-state index in [-0.39, 0.29) is 12.5 Å². The largest absolute Gasteiger partial charge is 0.497 e. The summed E-state index contributed by atoms with van der Waals surface area (Å²) in [4.78, 5) is 24.8. The zero-order chi connectivity index (χ0) is 18.5. The van der Waals surface area contributed by atoms with Crippen molar-refractivity contribution >= 4 is 11.7 Å². The third kappa shape index (κ3) is 3.94. The number of hydrogen-bond donors (Lipinski definition) is 2. The molecular weight excluding hydrogens is 330 g/mol. The summed E-state index contributed by atoms with van der Waals surface area (Å²) in [6.45, 7) is 2.01. The first-order chi connectivity index (χ1) is 12.6. The number of pyridine rings is 1. The van der Waals surface area contributed by atoms with Gasteiger partial charge in [0, 0.05) is 36.3 Å². The minimum Gasteiger partial charge on any atom is -0.497 e. The van der Waals surface area contributed by atoms with Crippen LogP contribution in [0.4, 0.5) is 5.82 Å². The topological polar surface area (TPSA) is 103 Å². The van der Waals surface area contributed by atoms with Gasteiger partial charge in [0.05, 0.1) is 12.7 Å². The number of nitrogen functional groups attached to an aromatic ring is 1. The van der Waals surface area contributed by atoms with E-state index in [2.05, 4.69) is 20.3 Å². The maximum atomic E-state index is 12.4. The van der Waals surface area contributed by atoms with Crippen LogP contribution in [-0.4, -0.2) is 28.0 Å². The molecule has 0 radical (unpaired) electrons. The van der Waals surface area contributed by atoms with Crippen LogP contribution in [-0.2, 0) is 6.54 Å². The van der Waals surface area contributed by atoms with E-state index in [0.717, 1.165) is 16.9 Å². The minimum absolute atomic E-state index is 0.243. The molecule has 7 heteroatoms. The van der Waals surface area contributed by atoms with Crippen molar-refractivity contribution in [1.82, 2.24) is 20.3 Å². The van der Waals surface area contributed by atoms with E-state index < -0.39 is 0 Å². The van der Waals surface area contributed by atoms with Gasteiger partial charge in [0.15, 0.2) is 0 Å². The zero-order valence-electron chi connectivity index (χ0n) is 14.6. The van der Waals surface area contributed by atoms with Gasteiger partial charge in [-0.05, 0) is 30.7 Å². The quantitative estimate of drug-likeness (QED) is 0.733. The number of ether oxygens (including phenoxy) is 1. The number of anilines is 1. The van der Waals surface area contributed by atoms with Crippen LogP contribution in [0.2, 0.25) is 0 Å². The number of nitrogens with one attached hydrogen (secondary N) is 1. The first-order valence-corrected chi connectivity index (χ1v) is 8.02. The molecule has 132 valence electrons. The van der Waals surface area contributed by atoms with E-state index >= 15 is 0 Å². The molecule has 7 nitrogen and oxygen atoms in total. The Labute approximate surface area is 151 Å². The number of benzene rings is 1. The van der Waals surface area contributed by atoms with Crippen LogP contribution in [0.1, 0.15) is 21.7 Å². The van der Waals surface area contributed by atoms with Crippen molar-refractivity contribution in [2.24, 2.45) is 0 Å². The number of amides is 1. The maximum Gasteiger partial charge on any atom is 0.253 e. The Morgan fingerprint density at radius 2 is 1.92 bits per heavy atom. The highest BCUT2D eigenvalue weighted by Crippen LogP contribution is 2.22. The van der Waals surface area contributed by atoms with Gasteiger partial charge in [0.1, 0.15) is 17.4 Å². The van der Waals surface area contributed by atoms with Crippen LogP contribution >= 0.6 is 0 Å². The first kappa shape index (κ1) is 17.3. The minimum atomic E-state index is -0.243. The summed E-state index contributed by atoms with van der Waals surface area (Å²) in [6, 6.07) is 9.35. The lowest BCUT2D eigenvalue weighted by molar-refractivity contribution is 0.0950. The number of rotatable bonds is 5. The molecule has 26 heavy (non-hydrogen) atoms. The summed E-state index contributed by atoms with van der Waals surface area (Å²) in [6.07, 6.45) is 4.85. The molecule has 0 atom stereocenters. The number of nitrogens with two attached hydrogens (primary N) is 1. The van der Waals surface area contributed by atoms with Crippen molar-refractivity contribution in [2.75, 3.05) is 12.8 Å². The average Bonchev–Trinajstić information content (AvgIpc) is 2.67. The third-order valence-corrected chi connectivity index (χ3v) is 3.88. The van der Waals surface area contributed by atoms with Crippen LogP contribution in [0, 0.1) is 6.92 Å². The molecule has 1 aromatic carbocycles. The zero-order valence-corrected chi connectivity index (χ0v) is 14.6. The molecule has 0 spiro atoms. The molecule has 0 fully saturated rings. The van der Waals surface area contributed by atoms with Crippen LogP contribution in [0.3, 0.4) is 0 Å². The molecule has 0 saturated heterocycles. The lowest BCUT2D eigenvalue weighted by Gasteiger charge is -2.09. The second-order valence-electron chi connectivity index (χ2n) is 5.70.